The number of ether oxygens (including phenoxy) is 1. The van der Waals surface area contributed by atoms with Crippen LogP contribution in [0.2, 0.25) is 0 Å². The van der Waals surface area contributed by atoms with E-state index >= 15 is 0 Å². The lowest BCUT2D eigenvalue weighted by Gasteiger charge is -2.10. The van der Waals surface area contributed by atoms with Crippen molar-refractivity contribution in [3.05, 3.63) is 41.0 Å². The highest BCUT2D eigenvalue weighted by Gasteiger charge is 2.12. The standard InChI is InChI=1S/C14H18O3/c1-9(2)7-13(16)12-8-11(10(3)15)5-6-14(12)17-4/h5-8,10,15H,1-4H3/t10-/m1/s1. The van der Waals surface area contributed by atoms with Gasteiger partial charge in [0.05, 0.1) is 18.8 Å². The van der Waals surface area contributed by atoms with Crippen LogP contribution < -0.4 is 4.74 Å². The van der Waals surface area contributed by atoms with Crippen molar-refractivity contribution in [3.8, 4) is 5.75 Å². The molecule has 1 rings (SSSR count). The summed E-state index contributed by atoms with van der Waals surface area (Å²) >= 11 is 0. The van der Waals surface area contributed by atoms with Crippen molar-refractivity contribution in [3.63, 3.8) is 0 Å². The van der Waals surface area contributed by atoms with Gasteiger partial charge in [-0.1, -0.05) is 11.6 Å². The van der Waals surface area contributed by atoms with Gasteiger partial charge in [-0.3, -0.25) is 4.79 Å². The molecule has 1 N–H and O–H groups in total. The predicted octanol–water partition coefficient (Wildman–Crippen LogP) is 2.90. The molecule has 0 spiro atoms. The van der Waals surface area contributed by atoms with Crippen LogP contribution in [0.5, 0.6) is 5.75 Å². The Balaban J connectivity index is 3.23. The average molecular weight is 234 g/mol. The zero-order valence-electron chi connectivity index (χ0n) is 10.7. The molecule has 0 aliphatic heterocycles. The van der Waals surface area contributed by atoms with Gasteiger partial charge in [0.25, 0.3) is 0 Å². The number of allylic oxidation sites excluding steroid dienone is 2. The normalized spacial score (nSPS) is 11.8. The van der Waals surface area contributed by atoms with Crippen LogP contribution in [0, 0.1) is 0 Å². The van der Waals surface area contributed by atoms with Gasteiger partial charge in [0.2, 0.25) is 0 Å². The number of aliphatic hydroxyl groups excluding tert-OH is 1. The molecule has 0 amide bonds. The van der Waals surface area contributed by atoms with Crippen molar-refractivity contribution in [1.82, 2.24) is 0 Å². The average Bonchev–Trinajstić information content (AvgIpc) is 2.27. The van der Waals surface area contributed by atoms with Crippen molar-refractivity contribution in [2.45, 2.75) is 26.9 Å². The van der Waals surface area contributed by atoms with Crippen molar-refractivity contribution >= 4 is 5.78 Å². The maximum absolute atomic E-state index is 12.0. The van der Waals surface area contributed by atoms with Crippen LogP contribution in [0.15, 0.2) is 29.8 Å². The summed E-state index contributed by atoms with van der Waals surface area (Å²) in [7, 11) is 1.52. The Morgan fingerprint density at radius 2 is 2.06 bits per heavy atom. The summed E-state index contributed by atoms with van der Waals surface area (Å²) in [5.41, 5.74) is 2.11. The fourth-order valence-corrected chi connectivity index (χ4v) is 1.52. The SMILES string of the molecule is COc1ccc([C@@H](C)O)cc1C(=O)C=C(C)C. The molecule has 17 heavy (non-hydrogen) atoms. The highest BCUT2D eigenvalue weighted by Crippen LogP contribution is 2.24. The molecule has 0 saturated heterocycles. The van der Waals surface area contributed by atoms with Crippen LogP contribution in [0.3, 0.4) is 0 Å². The molecule has 3 heteroatoms. The maximum Gasteiger partial charge on any atom is 0.189 e. The molecule has 0 fully saturated rings. The molecular weight excluding hydrogens is 216 g/mol. The summed E-state index contributed by atoms with van der Waals surface area (Å²) in [6, 6.07) is 5.13. The van der Waals surface area contributed by atoms with Gasteiger partial charge in [-0.2, -0.15) is 0 Å². The van der Waals surface area contributed by atoms with Crippen LogP contribution in [0.25, 0.3) is 0 Å². The summed E-state index contributed by atoms with van der Waals surface area (Å²) in [5.74, 6) is 0.418. The van der Waals surface area contributed by atoms with E-state index in [-0.39, 0.29) is 5.78 Å². The minimum atomic E-state index is -0.598. The molecule has 1 aromatic rings. The first-order valence-electron chi connectivity index (χ1n) is 5.51. The van der Waals surface area contributed by atoms with Gasteiger partial charge >= 0.3 is 0 Å². The third kappa shape index (κ3) is 3.43. The van der Waals surface area contributed by atoms with Gasteiger partial charge < -0.3 is 9.84 Å². The number of carbonyl (C=O) groups is 1. The number of carbonyl (C=O) groups excluding carboxylic acids is 1. The van der Waals surface area contributed by atoms with Gasteiger partial charge in [-0.25, -0.2) is 0 Å². The van der Waals surface area contributed by atoms with Crippen LogP contribution in [-0.2, 0) is 0 Å². The van der Waals surface area contributed by atoms with E-state index in [1.165, 1.54) is 7.11 Å². The first-order chi connectivity index (χ1) is 7.95. The van der Waals surface area contributed by atoms with Crippen LogP contribution in [0.1, 0.15) is 42.8 Å². The van der Waals surface area contributed by atoms with E-state index in [0.717, 1.165) is 5.57 Å². The fourth-order valence-electron chi connectivity index (χ4n) is 1.52. The molecule has 0 unspecified atom stereocenters. The molecular formula is C14H18O3. The lowest BCUT2D eigenvalue weighted by molar-refractivity contribution is 0.104. The number of hydrogen-bond acceptors (Lipinski definition) is 3. The first-order valence-corrected chi connectivity index (χ1v) is 5.51. The Morgan fingerprint density at radius 3 is 2.53 bits per heavy atom. The maximum atomic E-state index is 12.0. The molecule has 3 nitrogen and oxygen atoms in total. The van der Waals surface area contributed by atoms with Crippen molar-refractivity contribution in [1.29, 1.82) is 0 Å². The Labute approximate surface area is 102 Å². The minimum Gasteiger partial charge on any atom is -0.496 e. The molecule has 1 aromatic carbocycles. The fraction of sp³-hybridized carbons (Fsp3) is 0.357. The van der Waals surface area contributed by atoms with E-state index in [4.69, 9.17) is 4.74 Å². The number of aliphatic hydroxyl groups is 1. The van der Waals surface area contributed by atoms with Gasteiger partial charge in [-0.15, -0.1) is 0 Å². The zero-order valence-corrected chi connectivity index (χ0v) is 10.7. The highest BCUT2D eigenvalue weighted by atomic mass is 16.5. The largest absolute Gasteiger partial charge is 0.496 e. The van der Waals surface area contributed by atoms with Crippen molar-refractivity contribution in [2.75, 3.05) is 7.11 Å². The van der Waals surface area contributed by atoms with Gasteiger partial charge in [0, 0.05) is 0 Å². The molecule has 0 heterocycles. The third-order valence-corrected chi connectivity index (χ3v) is 2.39. The Morgan fingerprint density at radius 1 is 1.41 bits per heavy atom. The Bertz CT molecular complexity index is 441. The molecule has 0 saturated carbocycles. The molecule has 1 atom stereocenters. The molecule has 0 aliphatic carbocycles. The smallest absolute Gasteiger partial charge is 0.189 e. The Kier molecular flexibility index (Phi) is 4.46. The van der Waals surface area contributed by atoms with Crippen LogP contribution in [0.4, 0.5) is 0 Å². The molecule has 0 radical (unpaired) electrons. The Hall–Kier alpha value is -1.61. The number of methoxy groups -OCH3 is 1. The van der Waals surface area contributed by atoms with Crippen molar-refractivity contribution < 1.29 is 14.6 Å². The quantitative estimate of drug-likeness (QED) is 0.643. The van der Waals surface area contributed by atoms with E-state index in [9.17, 15) is 9.90 Å². The first kappa shape index (κ1) is 13.5. The second-order valence-electron chi connectivity index (χ2n) is 4.22. The van der Waals surface area contributed by atoms with Gasteiger partial charge in [0.15, 0.2) is 5.78 Å². The van der Waals surface area contributed by atoms with E-state index < -0.39 is 6.10 Å². The van der Waals surface area contributed by atoms with E-state index in [1.807, 2.05) is 13.8 Å². The lowest BCUT2D eigenvalue weighted by atomic mass is 10.0. The van der Waals surface area contributed by atoms with Gasteiger partial charge in [0.1, 0.15) is 5.75 Å². The second-order valence-corrected chi connectivity index (χ2v) is 4.22. The predicted molar refractivity (Wildman–Crippen MR) is 67.4 cm³/mol. The second kappa shape index (κ2) is 5.64. The van der Waals surface area contributed by atoms with Gasteiger partial charge in [-0.05, 0) is 44.5 Å². The summed E-state index contributed by atoms with van der Waals surface area (Å²) in [6.07, 6.45) is 0.961. The number of hydrogen-bond donors (Lipinski definition) is 1. The number of ketones is 1. The summed E-state index contributed by atoms with van der Waals surface area (Å²) in [4.78, 5) is 12.0. The highest BCUT2D eigenvalue weighted by molar-refractivity contribution is 6.07. The molecule has 92 valence electrons. The monoisotopic (exact) mass is 234 g/mol. The van der Waals surface area contributed by atoms with Crippen molar-refractivity contribution in [2.24, 2.45) is 0 Å². The molecule has 0 aromatic heterocycles. The van der Waals surface area contributed by atoms with E-state index in [0.29, 0.717) is 16.9 Å². The summed E-state index contributed by atoms with van der Waals surface area (Å²) < 4.78 is 5.15. The third-order valence-electron chi connectivity index (χ3n) is 2.39. The van der Waals surface area contributed by atoms with Crippen LogP contribution >= 0.6 is 0 Å². The van der Waals surface area contributed by atoms with E-state index in [2.05, 4.69) is 0 Å². The zero-order chi connectivity index (χ0) is 13.0. The summed E-state index contributed by atoms with van der Waals surface area (Å²) in [6.45, 7) is 5.39. The lowest BCUT2D eigenvalue weighted by Crippen LogP contribution is -2.02. The van der Waals surface area contributed by atoms with E-state index in [1.54, 1.807) is 31.2 Å². The van der Waals surface area contributed by atoms with Crippen LogP contribution in [-0.4, -0.2) is 18.0 Å². The minimum absolute atomic E-state index is 0.107. The number of benzene rings is 1. The molecule has 0 aliphatic rings. The molecule has 0 bridgehead atoms. The number of rotatable bonds is 4. The topological polar surface area (TPSA) is 46.5 Å². The summed E-state index contributed by atoms with van der Waals surface area (Å²) in [5, 5.41) is 9.51.